The van der Waals surface area contributed by atoms with E-state index in [0.717, 1.165) is 51.4 Å². The Bertz CT molecular complexity index is 594. The van der Waals surface area contributed by atoms with Gasteiger partial charge < -0.3 is 9.47 Å². The predicted molar refractivity (Wildman–Crippen MR) is 122 cm³/mol. The third-order valence-electron chi connectivity index (χ3n) is 5.21. The van der Waals surface area contributed by atoms with E-state index in [1.807, 2.05) is 18.2 Å². The number of rotatable bonds is 17. The number of ether oxygens (including phenoxy) is 2. The van der Waals surface area contributed by atoms with Crippen molar-refractivity contribution in [3.8, 4) is 0 Å². The van der Waals surface area contributed by atoms with Gasteiger partial charge in [0.2, 0.25) is 0 Å². The van der Waals surface area contributed by atoms with E-state index in [0.29, 0.717) is 12.0 Å². The van der Waals surface area contributed by atoms with Gasteiger partial charge in [0.25, 0.3) is 0 Å². The summed E-state index contributed by atoms with van der Waals surface area (Å²) in [7, 11) is 1.44. The standard InChI is InChI=1S/C26H40O4/c1-3-4-5-15-20-24(30-26(28)23-18-13-12-14-19-23)21-16-10-8-6-7-9-11-17-22-25(27)29-2/h10,12-14,16,18-19,24H,3-9,11,15,17,20-22H2,1-2H3/b16-10-/t24-/m1/s1. The Labute approximate surface area is 183 Å². The molecule has 0 saturated carbocycles. The minimum atomic E-state index is -0.226. The van der Waals surface area contributed by atoms with Crippen LogP contribution in [-0.2, 0) is 14.3 Å². The SMILES string of the molecule is CCCCCC[C@H](C/C=C\CCCCCCCC(=O)OC)OC(=O)c1ccccc1. The third-order valence-corrected chi connectivity index (χ3v) is 5.21. The van der Waals surface area contributed by atoms with Crippen molar-refractivity contribution in [2.75, 3.05) is 7.11 Å². The molecule has 0 spiro atoms. The van der Waals surface area contributed by atoms with Gasteiger partial charge in [0.05, 0.1) is 12.7 Å². The average molecular weight is 417 g/mol. The molecule has 4 heteroatoms. The van der Waals surface area contributed by atoms with Gasteiger partial charge in [0.15, 0.2) is 0 Å². The minimum absolute atomic E-state index is 0.0517. The van der Waals surface area contributed by atoms with E-state index >= 15 is 0 Å². The summed E-state index contributed by atoms with van der Waals surface area (Å²) in [6.45, 7) is 2.20. The summed E-state index contributed by atoms with van der Waals surface area (Å²) >= 11 is 0. The fourth-order valence-corrected chi connectivity index (χ4v) is 3.35. The van der Waals surface area contributed by atoms with Crippen molar-refractivity contribution in [3.05, 3.63) is 48.0 Å². The normalized spacial score (nSPS) is 12.1. The molecule has 0 amide bonds. The first kappa shape index (κ1) is 25.9. The number of unbranched alkanes of at least 4 members (excludes halogenated alkanes) is 8. The van der Waals surface area contributed by atoms with Crippen LogP contribution in [0.3, 0.4) is 0 Å². The lowest BCUT2D eigenvalue weighted by Crippen LogP contribution is -2.18. The first-order valence-corrected chi connectivity index (χ1v) is 11.6. The van der Waals surface area contributed by atoms with Crippen LogP contribution in [0.4, 0.5) is 0 Å². The fourth-order valence-electron chi connectivity index (χ4n) is 3.35. The molecule has 0 saturated heterocycles. The number of hydrogen-bond donors (Lipinski definition) is 0. The van der Waals surface area contributed by atoms with Crippen molar-refractivity contribution in [2.45, 2.75) is 96.5 Å². The van der Waals surface area contributed by atoms with Crippen LogP contribution in [0.2, 0.25) is 0 Å². The average Bonchev–Trinajstić information content (AvgIpc) is 2.77. The van der Waals surface area contributed by atoms with Gasteiger partial charge in [-0.1, -0.05) is 75.8 Å². The lowest BCUT2D eigenvalue weighted by Gasteiger charge is -2.16. The highest BCUT2D eigenvalue weighted by Gasteiger charge is 2.14. The molecule has 0 heterocycles. The lowest BCUT2D eigenvalue weighted by molar-refractivity contribution is -0.140. The van der Waals surface area contributed by atoms with Gasteiger partial charge in [-0.15, -0.1) is 0 Å². The van der Waals surface area contributed by atoms with Crippen molar-refractivity contribution < 1.29 is 19.1 Å². The van der Waals surface area contributed by atoms with Crippen molar-refractivity contribution >= 4 is 11.9 Å². The van der Waals surface area contributed by atoms with Crippen LogP contribution in [0.25, 0.3) is 0 Å². The molecule has 0 radical (unpaired) electrons. The molecule has 0 unspecified atom stereocenters. The van der Waals surface area contributed by atoms with Crippen LogP contribution in [0.15, 0.2) is 42.5 Å². The van der Waals surface area contributed by atoms with Crippen molar-refractivity contribution in [1.82, 2.24) is 0 Å². The smallest absolute Gasteiger partial charge is 0.338 e. The van der Waals surface area contributed by atoms with Crippen molar-refractivity contribution in [3.63, 3.8) is 0 Å². The molecule has 1 atom stereocenters. The predicted octanol–water partition coefficient (Wildman–Crippen LogP) is 7.03. The van der Waals surface area contributed by atoms with Crippen LogP contribution in [-0.4, -0.2) is 25.2 Å². The van der Waals surface area contributed by atoms with Gasteiger partial charge in [-0.25, -0.2) is 4.79 Å². The van der Waals surface area contributed by atoms with Crippen LogP contribution in [0, 0.1) is 0 Å². The van der Waals surface area contributed by atoms with Gasteiger partial charge in [0, 0.05) is 12.8 Å². The zero-order valence-electron chi connectivity index (χ0n) is 18.9. The second-order valence-corrected chi connectivity index (χ2v) is 7.83. The number of carbonyl (C=O) groups excluding carboxylic acids is 2. The zero-order chi connectivity index (χ0) is 21.9. The fraction of sp³-hybridized carbons (Fsp3) is 0.615. The molecule has 0 aliphatic heterocycles. The van der Waals surface area contributed by atoms with Crippen molar-refractivity contribution in [2.24, 2.45) is 0 Å². The number of hydrogen-bond acceptors (Lipinski definition) is 4. The molecule has 0 N–H and O–H groups in total. The first-order chi connectivity index (χ1) is 14.7. The Morgan fingerprint density at radius 3 is 2.33 bits per heavy atom. The molecule has 4 nitrogen and oxygen atoms in total. The van der Waals surface area contributed by atoms with E-state index in [-0.39, 0.29) is 18.0 Å². The van der Waals surface area contributed by atoms with Gasteiger partial charge >= 0.3 is 11.9 Å². The Morgan fingerprint density at radius 2 is 1.60 bits per heavy atom. The summed E-state index contributed by atoms with van der Waals surface area (Å²) in [6, 6.07) is 9.24. The van der Waals surface area contributed by atoms with Gasteiger partial charge in [-0.2, -0.15) is 0 Å². The summed E-state index contributed by atoms with van der Waals surface area (Å²) < 4.78 is 10.4. The van der Waals surface area contributed by atoms with E-state index in [9.17, 15) is 9.59 Å². The summed E-state index contributed by atoms with van der Waals surface area (Å²) in [5, 5.41) is 0. The van der Waals surface area contributed by atoms with E-state index < -0.39 is 0 Å². The largest absolute Gasteiger partial charge is 0.469 e. The number of esters is 2. The summed E-state index contributed by atoms with van der Waals surface area (Å²) in [5.41, 5.74) is 0.618. The molecule has 0 aromatic heterocycles. The lowest BCUT2D eigenvalue weighted by atomic mass is 10.1. The van der Waals surface area contributed by atoms with E-state index in [4.69, 9.17) is 4.74 Å². The molecule has 1 rings (SSSR count). The molecule has 0 aliphatic rings. The van der Waals surface area contributed by atoms with Gasteiger partial charge in [-0.3, -0.25) is 4.79 Å². The molecule has 30 heavy (non-hydrogen) atoms. The minimum Gasteiger partial charge on any atom is -0.469 e. The van der Waals surface area contributed by atoms with Crippen LogP contribution >= 0.6 is 0 Å². The van der Waals surface area contributed by atoms with Crippen LogP contribution in [0.1, 0.15) is 101 Å². The van der Waals surface area contributed by atoms with E-state index in [1.165, 1.54) is 32.8 Å². The highest BCUT2D eigenvalue weighted by Crippen LogP contribution is 2.15. The second kappa shape index (κ2) is 17.7. The van der Waals surface area contributed by atoms with Gasteiger partial charge in [0.1, 0.15) is 6.10 Å². The maximum absolute atomic E-state index is 12.4. The van der Waals surface area contributed by atoms with E-state index in [2.05, 4.69) is 23.8 Å². The molecule has 0 bridgehead atoms. The Balaban J connectivity index is 2.27. The molecule has 168 valence electrons. The monoisotopic (exact) mass is 416 g/mol. The summed E-state index contributed by atoms with van der Waals surface area (Å²) in [6.07, 6.45) is 17.8. The summed E-state index contributed by atoms with van der Waals surface area (Å²) in [5.74, 6) is -0.341. The van der Waals surface area contributed by atoms with Gasteiger partial charge in [-0.05, 0) is 44.2 Å². The molecule has 1 aromatic carbocycles. The molecule has 1 aromatic rings. The zero-order valence-corrected chi connectivity index (χ0v) is 18.9. The Kier molecular flexibility index (Phi) is 15.3. The Hall–Kier alpha value is -2.10. The molecular formula is C26H40O4. The maximum atomic E-state index is 12.4. The van der Waals surface area contributed by atoms with E-state index in [1.54, 1.807) is 12.1 Å². The van der Waals surface area contributed by atoms with Crippen LogP contribution in [0.5, 0.6) is 0 Å². The number of methoxy groups -OCH3 is 1. The first-order valence-electron chi connectivity index (χ1n) is 11.6. The number of carbonyl (C=O) groups is 2. The second-order valence-electron chi connectivity index (χ2n) is 7.83. The quantitative estimate of drug-likeness (QED) is 0.155. The molecular weight excluding hydrogens is 376 g/mol. The number of benzene rings is 1. The highest BCUT2D eigenvalue weighted by molar-refractivity contribution is 5.89. The summed E-state index contributed by atoms with van der Waals surface area (Å²) in [4.78, 5) is 23.4. The molecule has 0 fully saturated rings. The third kappa shape index (κ3) is 13.2. The van der Waals surface area contributed by atoms with Crippen LogP contribution < -0.4 is 0 Å². The Morgan fingerprint density at radius 1 is 0.900 bits per heavy atom. The van der Waals surface area contributed by atoms with Crippen molar-refractivity contribution in [1.29, 1.82) is 0 Å². The number of allylic oxidation sites excluding steroid dienone is 1. The maximum Gasteiger partial charge on any atom is 0.338 e. The molecule has 0 aliphatic carbocycles. The topological polar surface area (TPSA) is 52.6 Å². The highest BCUT2D eigenvalue weighted by atomic mass is 16.5.